The van der Waals surface area contributed by atoms with Crippen molar-refractivity contribution in [2.75, 3.05) is 6.61 Å². The molecule has 100 valence electrons. The normalized spacial score (nSPS) is 10.6. The third kappa shape index (κ3) is 3.29. The summed E-state index contributed by atoms with van der Waals surface area (Å²) in [6.45, 7) is 4.33. The van der Waals surface area contributed by atoms with Gasteiger partial charge in [-0.05, 0) is 18.1 Å². The lowest BCUT2D eigenvalue weighted by molar-refractivity contribution is 0.0432. The van der Waals surface area contributed by atoms with E-state index in [0.717, 1.165) is 25.0 Å². The monoisotopic (exact) mass is 254 g/mol. The molecule has 0 fully saturated rings. The molecule has 0 aliphatic heterocycles. The minimum Gasteiger partial charge on any atom is -0.504 e. The Balaban J connectivity index is 2.73. The molecule has 0 saturated heterocycles. The average molecular weight is 254 g/mol. The summed E-state index contributed by atoms with van der Waals surface area (Å²) in [6, 6.07) is 2.12. The second-order valence-corrected chi connectivity index (χ2v) is 4.14. The SMILES string of the molecule is CCC(CC)COC(=O)c1cc(O)c(O)c(O)c1. The number of phenols is 3. The summed E-state index contributed by atoms with van der Waals surface area (Å²) in [6.07, 6.45) is 1.83. The van der Waals surface area contributed by atoms with Gasteiger partial charge in [0.1, 0.15) is 0 Å². The minimum atomic E-state index is -0.647. The molecule has 18 heavy (non-hydrogen) atoms. The van der Waals surface area contributed by atoms with E-state index in [2.05, 4.69) is 0 Å². The van der Waals surface area contributed by atoms with Crippen molar-refractivity contribution in [3.8, 4) is 17.2 Å². The van der Waals surface area contributed by atoms with Gasteiger partial charge in [0.05, 0.1) is 12.2 Å². The Labute approximate surface area is 106 Å². The molecular weight excluding hydrogens is 236 g/mol. The van der Waals surface area contributed by atoms with Crippen LogP contribution >= 0.6 is 0 Å². The molecule has 0 radical (unpaired) electrons. The Morgan fingerprint density at radius 1 is 1.17 bits per heavy atom. The largest absolute Gasteiger partial charge is 0.504 e. The zero-order valence-corrected chi connectivity index (χ0v) is 10.5. The van der Waals surface area contributed by atoms with E-state index in [1.165, 1.54) is 0 Å². The van der Waals surface area contributed by atoms with E-state index >= 15 is 0 Å². The van der Waals surface area contributed by atoms with Crippen LogP contribution in [-0.2, 0) is 4.74 Å². The average Bonchev–Trinajstić information content (AvgIpc) is 2.36. The third-order valence-electron chi connectivity index (χ3n) is 2.91. The maximum atomic E-state index is 11.7. The third-order valence-corrected chi connectivity index (χ3v) is 2.91. The van der Waals surface area contributed by atoms with Crippen LogP contribution in [0.3, 0.4) is 0 Å². The molecule has 0 heterocycles. The fourth-order valence-corrected chi connectivity index (χ4v) is 1.52. The predicted molar refractivity (Wildman–Crippen MR) is 65.8 cm³/mol. The van der Waals surface area contributed by atoms with E-state index in [1.54, 1.807) is 0 Å². The molecular formula is C13H18O5. The highest BCUT2D eigenvalue weighted by molar-refractivity contribution is 5.91. The molecule has 5 heteroatoms. The summed E-state index contributed by atoms with van der Waals surface area (Å²) in [4.78, 5) is 11.7. The molecule has 0 bridgehead atoms. The van der Waals surface area contributed by atoms with E-state index in [1.807, 2.05) is 13.8 Å². The maximum absolute atomic E-state index is 11.7. The van der Waals surface area contributed by atoms with Gasteiger partial charge in [-0.25, -0.2) is 4.79 Å². The molecule has 0 saturated carbocycles. The van der Waals surface area contributed by atoms with Crippen molar-refractivity contribution in [1.29, 1.82) is 0 Å². The number of carbonyl (C=O) groups is 1. The summed E-state index contributed by atoms with van der Waals surface area (Å²) >= 11 is 0. The smallest absolute Gasteiger partial charge is 0.338 e. The van der Waals surface area contributed by atoms with Gasteiger partial charge in [0, 0.05) is 0 Å². The standard InChI is InChI=1S/C13H18O5/c1-3-8(4-2)7-18-13(17)9-5-10(14)12(16)11(15)6-9/h5-6,8,14-16H,3-4,7H2,1-2H3. The van der Waals surface area contributed by atoms with Crippen molar-refractivity contribution in [3.05, 3.63) is 17.7 Å². The zero-order valence-electron chi connectivity index (χ0n) is 10.5. The molecule has 0 amide bonds. The molecule has 1 rings (SSSR count). The second-order valence-electron chi connectivity index (χ2n) is 4.14. The number of aromatic hydroxyl groups is 3. The van der Waals surface area contributed by atoms with E-state index in [9.17, 15) is 15.0 Å². The number of hydrogen-bond acceptors (Lipinski definition) is 5. The Kier molecular flexibility index (Phi) is 4.83. The fraction of sp³-hybridized carbons (Fsp3) is 0.462. The summed E-state index contributed by atoms with van der Waals surface area (Å²) in [5.41, 5.74) is 0.00811. The molecule has 0 spiro atoms. The van der Waals surface area contributed by atoms with Crippen LogP contribution in [0.1, 0.15) is 37.0 Å². The van der Waals surface area contributed by atoms with Crippen molar-refractivity contribution in [1.82, 2.24) is 0 Å². The fourth-order valence-electron chi connectivity index (χ4n) is 1.52. The molecule has 1 aromatic carbocycles. The van der Waals surface area contributed by atoms with Crippen LogP contribution in [0.25, 0.3) is 0 Å². The van der Waals surface area contributed by atoms with Crippen LogP contribution in [0.4, 0.5) is 0 Å². The molecule has 1 aromatic rings. The van der Waals surface area contributed by atoms with Gasteiger partial charge in [-0.3, -0.25) is 0 Å². The topological polar surface area (TPSA) is 87.0 Å². The van der Waals surface area contributed by atoms with Crippen LogP contribution < -0.4 is 0 Å². The Bertz CT molecular complexity index is 400. The van der Waals surface area contributed by atoms with Gasteiger partial charge in [0.2, 0.25) is 0 Å². The van der Waals surface area contributed by atoms with Crippen LogP contribution in [-0.4, -0.2) is 27.9 Å². The molecule has 5 nitrogen and oxygen atoms in total. The van der Waals surface area contributed by atoms with Gasteiger partial charge in [-0.15, -0.1) is 0 Å². The van der Waals surface area contributed by atoms with Crippen LogP contribution in [0, 0.1) is 5.92 Å². The van der Waals surface area contributed by atoms with E-state index < -0.39 is 23.2 Å². The van der Waals surface area contributed by atoms with Crippen LogP contribution in [0.2, 0.25) is 0 Å². The summed E-state index contributed by atoms with van der Waals surface area (Å²) < 4.78 is 5.08. The van der Waals surface area contributed by atoms with Crippen molar-refractivity contribution >= 4 is 5.97 Å². The van der Waals surface area contributed by atoms with Gasteiger partial charge in [0.15, 0.2) is 17.2 Å². The van der Waals surface area contributed by atoms with Gasteiger partial charge < -0.3 is 20.1 Å². The Morgan fingerprint density at radius 2 is 1.67 bits per heavy atom. The molecule has 0 aromatic heterocycles. The Morgan fingerprint density at radius 3 is 2.11 bits per heavy atom. The summed E-state index contributed by atoms with van der Waals surface area (Å²) in [7, 11) is 0. The number of hydrogen-bond donors (Lipinski definition) is 3. The number of benzene rings is 1. The number of esters is 1. The second kappa shape index (κ2) is 6.14. The first-order chi connectivity index (χ1) is 8.49. The highest BCUT2D eigenvalue weighted by atomic mass is 16.5. The van der Waals surface area contributed by atoms with E-state index in [4.69, 9.17) is 9.84 Å². The lowest BCUT2D eigenvalue weighted by Gasteiger charge is -2.13. The number of ether oxygens (including phenoxy) is 1. The highest BCUT2D eigenvalue weighted by Crippen LogP contribution is 2.35. The molecule has 0 atom stereocenters. The zero-order chi connectivity index (χ0) is 13.7. The highest BCUT2D eigenvalue weighted by Gasteiger charge is 2.15. The van der Waals surface area contributed by atoms with Crippen LogP contribution in [0.5, 0.6) is 17.2 Å². The van der Waals surface area contributed by atoms with Gasteiger partial charge in [0.25, 0.3) is 0 Å². The molecule has 0 unspecified atom stereocenters. The van der Waals surface area contributed by atoms with Gasteiger partial charge in [-0.1, -0.05) is 26.7 Å². The van der Waals surface area contributed by atoms with Crippen molar-refractivity contribution in [3.63, 3.8) is 0 Å². The summed E-state index contributed by atoms with van der Waals surface area (Å²) in [5.74, 6) is -2.08. The predicted octanol–water partition coefficient (Wildman–Crippen LogP) is 2.40. The molecule has 0 aliphatic rings. The first-order valence-corrected chi connectivity index (χ1v) is 5.91. The minimum absolute atomic E-state index is 0.00811. The van der Waals surface area contributed by atoms with Crippen molar-refractivity contribution in [2.24, 2.45) is 5.92 Å². The van der Waals surface area contributed by atoms with Gasteiger partial charge >= 0.3 is 5.97 Å². The first-order valence-electron chi connectivity index (χ1n) is 5.91. The molecule has 0 aliphatic carbocycles. The molecule has 3 N–H and O–H groups in total. The maximum Gasteiger partial charge on any atom is 0.338 e. The Hall–Kier alpha value is -1.91. The lowest BCUT2D eigenvalue weighted by Crippen LogP contribution is -2.13. The van der Waals surface area contributed by atoms with E-state index in [0.29, 0.717) is 12.5 Å². The van der Waals surface area contributed by atoms with Crippen molar-refractivity contribution < 1.29 is 24.9 Å². The number of carbonyl (C=O) groups excluding carboxylic acids is 1. The van der Waals surface area contributed by atoms with Gasteiger partial charge in [-0.2, -0.15) is 0 Å². The van der Waals surface area contributed by atoms with E-state index in [-0.39, 0.29) is 5.56 Å². The quantitative estimate of drug-likeness (QED) is 0.554. The number of phenolic OH excluding ortho intramolecular Hbond substituents is 3. The summed E-state index contributed by atoms with van der Waals surface area (Å²) in [5, 5.41) is 27.7. The van der Waals surface area contributed by atoms with Crippen molar-refractivity contribution in [2.45, 2.75) is 26.7 Å². The number of rotatable bonds is 5. The lowest BCUT2D eigenvalue weighted by atomic mass is 10.1. The first kappa shape index (κ1) is 14.2. The van der Waals surface area contributed by atoms with Crippen LogP contribution in [0.15, 0.2) is 12.1 Å².